The smallest absolute Gasteiger partial charge is 0.231 e. The van der Waals surface area contributed by atoms with Gasteiger partial charge < -0.3 is 23.8 Å². The molecule has 1 aromatic carbocycles. The number of fused-ring (bicyclic) bond motifs is 1. The molecule has 6 heteroatoms. The number of amides is 1. The minimum Gasteiger partial charge on any atom is -0.454 e. The Morgan fingerprint density at radius 1 is 1.13 bits per heavy atom. The number of benzene rings is 1. The Morgan fingerprint density at radius 3 is 2.70 bits per heavy atom. The highest BCUT2D eigenvalue weighted by atomic mass is 16.7. The normalized spacial score (nSPS) is 21.8. The molecule has 3 aliphatic rings. The fourth-order valence-corrected chi connectivity index (χ4v) is 3.47. The number of piperidine rings is 1. The number of carbonyl (C=O) groups excluding carboxylic acids is 1. The third-order valence-corrected chi connectivity index (χ3v) is 4.78. The predicted molar refractivity (Wildman–Crippen MR) is 81.3 cm³/mol. The standard InChI is InChI=1S/C17H21NO5/c19-15(18-8-6-17(7-9-18)22-10-11-23-17)5-4-13-2-1-3-14-16(13)21-12-20-14/h1-3H,4-12H2. The zero-order valence-electron chi connectivity index (χ0n) is 13.1. The van der Waals surface area contributed by atoms with E-state index in [1.54, 1.807) is 0 Å². The van der Waals surface area contributed by atoms with Crippen LogP contribution in [0.5, 0.6) is 11.5 Å². The zero-order valence-corrected chi connectivity index (χ0v) is 13.1. The van der Waals surface area contributed by atoms with E-state index in [9.17, 15) is 4.79 Å². The molecule has 0 radical (unpaired) electrons. The van der Waals surface area contributed by atoms with Crippen LogP contribution in [0.3, 0.4) is 0 Å². The largest absolute Gasteiger partial charge is 0.454 e. The number of likely N-dealkylation sites (tertiary alicyclic amines) is 1. The SMILES string of the molecule is O=C(CCc1cccc2c1OCO2)N1CCC2(CC1)OCCO2. The maximum Gasteiger partial charge on any atom is 0.231 e. The molecule has 1 aromatic rings. The minimum absolute atomic E-state index is 0.175. The Labute approximate surface area is 135 Å². The van der Waals surface area contributed by atoms with Crippen LogP contribution in [0.15, 0.2) is 18.2 Å². The Kier molecular flexibility index (Phi) is 3.87. The minimum atomic E-state index is -0.428. The zero-order chi connectivity index (χ0) is 15.7. The lowest BCUT2D eigenvalue weighted by atomic mass is 10.0. The molecule has 0 bridgehead atoms. The summed E-state index contributed by atoms with van der Waals surface area (Å²) in [4.78, 5) is 14.4. The molecule has 0 atom stereocenters. The van der Waals surface area contributed by atoms with Crippen molar-refractivity contribution in [3.05, 3.63) is 23.8 Å². The average molecular weight is 319 g/mol. The van der Waals surface area contributed by atoms with Gasteiger partial charge in [-0.2, -0.15) is 0 Å². The molecule has 4 rings (SSSR count). The van der Waals surface area contributed by atoms with Crippen LogP contribution in [-0.2, 0) is 20.7 Å². The van der Waals surface area contributed by atoms with E-state index in [-0.39, 0.29) is 12.7 Å². The summed E-state index contributed by atoms with van der Waals surface area (Å²) in [5.41, 5.74) is 1.03. The molecule has 1 amide bonds. The monoisotopic (exact) mass is 319 g/mol. The van der Waals surface area contributed by atoms with Crippen molar-refractivity contribution in [2.24, 2.45) is 0 Å². The van der Waals surface area contributed by atoms with E-state index in [1.165, 1.54) is 0 Å². The van der Waals surface area contributed by atoms with Crippen LogP contribution in [0.4, 0.5) is 0 Å². The van der Waals surface area contributed by atoms with E-state index in [1.807, 2.05) is 23.1 Å². The highest BCUT2D eigenvalue weighted by Gasteiger charge is 2.40. The van der Waals surface area contributed by atoms with Gasteiger partial charge in [-0.15, -0.1) is 0 Å². The molecule has 3 heterocycles. The molecule has 1 spiro atoms. The van der Waals surface area contributed by atoms with Gasteiger partial charge in [0, 0.05) is 32.4 Å². The van der Waals surface area contributed by atoms with Crippen molar-refractivity contribution in [1.29, 1.82) is 0 Å². The summed E-state index contributed by atoms with van der Waals surface area (Å²) < 4.78 is 22.3. The van der Waals surface area contributed by atoms with Crippen LogP contribution in [0.2, 0.25) is 0 Å². The van der Waals surface area contributed by atoms with E-state index in [2.05, 4.69) is 0 Å². The second kappa shape index (κ2) is 6.02. The van der Waals surface area contributed by atoms with Crippen LogP contribution >= 0.6 is 0 Å². The third kappa shape index (κ3) is 2.88. The highest BCUT2D eigenvalue weighted by Crippen LogP contribution is 2.36. The first-order chi connectivity index (χ1) is 11.3. The van der Waals surface area contributed by atoms with Gasteiger partial charge in [0.05, 0.1) is 13.2 Å². The molecule has 2 saturated heterocycles. The molecule has 6 nitrogen and oxygen atoms in total. The van der Waals surface area contributed by atoms with E-state index < -0.39 is 5.79 Å². The van der Waals surface area contributed by atoms with Gasteiger partial charge in [0.2, 0.25) is 12.7 Å². The van der Waals surface area contributed by atoms with Crippen molar-refractivity contribution >= 4 is 5.91 Å². The molecule has 0 aliphatic carbocycles. The Morgan fingerprint density at radius 2 is 1.91 bits per heavy atom. The number of para-hydroxylation sites is 1. The molecule has 3 aliphatic heterocycles. The van der Waals surface area contributed by atoms with Gasteiger partial charge in [-0.3, -0.25) is 4.79 Å². The molecule has 0 unspecified atom stereocenters. The molecule has 0 aromatic heterocycles. The first kappa shape index (κ1) is 14.8. The second-order valence-corrected chi connectivity index (χ2v) is 6.14. The molecule has 0 N–H and O–H groups in total. The Hall–Kier alpha value is -1.79. The van der Waals surface area contributed by atoms with E-state index in [0.29, 0.717) is 39.1 Å². The lowest BCUT2D eigenvalue weighted by Crippen LogP contribution is -2.47. The summed E-state index contributed by atoms with van der Waals surface area (Å²) in [5.74, 6) is 1.30. The van der Waals surface area contributed by atoms with Gasteiger partial charge in [-0.1, -0.05) is 12.1 Å². The molecular formula is C17H21NO5. The van der Waals surface area contributed by atoms with Crippen LogP contribution in [0, 0.1) is 0 Å². The van der Waals surface area contributed by atoms with Crippen molar-refractivity contribution in [1.82, 2.24) is 4.90 Å². The highest BCUT2D eigenvalue weighted by molar-refractivity contribution is 5.76. The molecular weight excluding hydrogens is 298 g/mol. The van der Waals surface area contributed by atoms with Crippen molar-refractivity contribution in [2.45, 2.75) is 31.5 Å². The third-order valence-electron chi connectivity index (χ3n) is 4.78. The topological polar surface area (TPSA) is 57.2 Å². The molecule has 124 valence electrons. The maximum absolute atomic E-state index is 12.4. The number of ether oxygens (including phenoxy) is 4. The number of aryl methyl sites for hydroxylation is 1. The summed E-state index contributed by atoms with van der Waals surface area (Å²) in [6.07, 6.45) is 2.67. The fraction of sp³-hybridized carbons (Fsp3) is 0.588. The number of hydrogen-bond donors (Lipinski definition) is 0. The Balaban J connectivity index is 1.32. The molecule has 2 fully saturated rings. The quantitative estimate of drug-likeness (QED) is 0.849. The summed E-state index contributed by atoms with van der Waals surface area (Å²) in [6, 6.07) is 5.82. The van der Waals surface area contributed by atoms with Gasteiger partial charge in [-0.25, -0.2) is 0 Å². The van der Waals surface area contributed by atoms with Gasteiger partial charge in [0.25, 0.3) is 0 Å². The number of carbonyl (C=O) groups is 1. The predicted octanol–water partition coefficient (Wildman–Crippen LogP) is 1.71. The first-order valence-electron chi connectivity index (χ1n) is 8.19. The molecule has 23 heavy (non-hydrogen) atoms. The fourth-order valence-electron chi connectivity index (χ4n) is 3.47. The van der Waals surface area contributed by atoms with E-state index >= 15 is 0 Å². The van der Waals surface area contributed by atoms with Crippen LogP contribution in [-0.4, -0.2) is 49.7 Å². The van der Waals surface area contributed by atoms with Crippen LogP contribution < -0.4 is 9.47 Å². The first-order valence-corrected chi connectivity index (χ1v) is 8.19. The maximum atomic E-state index is 12.4. The number of hydrogen-bond acceptors (Lipinski definition) is 5. The number of rotatable bonds is 3. The lowest BCUT2D eigenvalue weighted by molar-refractivity contribution is -0.187. The lowest BCUT2D eigenvalue weighted by Gasteiger charge is -2.37. The van der Waals surface area contributed by atoms with Gasteiger partial charge in [0.1, 0.15) is 0 Å². The summed E-state index contributed by atoms with van der Waals surface area (Å²) in [7, 11) is 0. The Bertz CT molecular complexity index is 587. The average Bonchev–Trinajstić information content (AvgIpc) is 3.23. The van der Waals surface area contributed by atoms with Crippen molar-refractivity contribution in [2.75, 3.05) is 33.1 Å². The summed E-state index contributed by atoms with van der Waals surface area (Å²) in [6.45, 7) is 2.98. The van der Waals surface area contributed by atoms with Gasteiger partial charge in [0.15, 0.2) is 17.3 Å². The van der Waals surface area contributed by atoms with Crippen molar-refractivity contribution in [3.63, 3.8) is 0 Å². The van der Waals surface area contributed by atoms with Gasteiger partial charge in [-0.05, 0) is 18.1 Å². The van der Waals surface area contributed by atoms with E-state index in [0.717, 1.165) is 29.9 Å². The summed E-state index contributed by atoms with van der Waals surface area (Å²) >= 11 is 0. The van der Waals surface area contributed by atoms with Crippen molar-refractivity contribution < 1.29 is 23.7 Å². The van der Waals surface area contributed by atoms with Crippen molar-refractivity contribution in [3.8, 4) is 11.5 Å². The second-order valence-electron chi connectivity index (χ2n) is 6.14. The van der Waals surface area contributed by atoms with Crippen LogP contribution in [0.1, 0.15) is 24.8 Å². The summed E-state index contributed by atoms with van der Waals surface area (Å²) in [5, 5.41) is 0. The van der Waals surface area contributed by atoms with Gasteiger partial charge >= 0.3 is 0 Å². The van der Waals surface area contributed by atoms with E-state index in [4.69, 9.17) is 18.9 Å². The number of nitrogens with zero attached hydrogens (tertiary/aromatic N) is 1. The van der Waals surface area contributed by atoms with Crippen LogP contribution in [0.25, 0.3) is 0 Å². The molecule has 0 saturated carbocycles.